The number of nitrogens with zero attached hydrogens (tertiary/aromatic N) is 2. The van der Waals surface area contributed by atoms with Crippen LogP contribution in [0.2, 0.25) is 0 Å². The molecule has 1 N–H and O–H groups in total. The van der Waals surface area contributed by atoms with Crippen molar-refractivity contribution in [1.29, 1.82) is 0 Å². The van der Waals surface area contributed by atoms with Crippen molar-refractivity contribution in [3.63, 3.8) is 0 Å². The van der Waals surface area contributed by atoms with Crippen LogP contribution in [0.5, 0.6) is 0 Å². The van der Waals surface area contributed by atoms with E-state index in [-0.39, 0.29) is 5.91 Å². The van der Waals surface area contributed by atoms with Gasteiger partial charge in [-0.05, 0) is 41.5 Å². The van der Waals surface area contributed by atoms with Crippen molar-refractivity contribution in [3.05, 3.63) is 83.8 Å². The zero-order valence-electron chi connectivity index (χ0n) is 14.1. The van der Waals surface area contributed by atoms with E-state index < -0.39 is 0 Å². The largest absolute Gasteiger partial charge is 0.352 e. The fourth-order valence-electron chi connectivity index (χ4n) is 3.08. The molecule has 4 heteroatoms. The second kappa shape index (κ2) is 6.40. The van der Waals surface area contributed by atoms with Crippen LogP contribution in [0.3, 0.4) is 0 Å². The molecule has 4 nitrogen and oxygen atoms in total. The third-order valence-electron chi connectivity index (χ3n) is 4.37. The minimum absolute atomic E-state index is 0.0450. The summed E-state index contributed by atoms with van der Waals surface area (Å²) in [6.07, 6.45) is 4.73. The standard InChI is InChI=1S/C21H19N3O/c1-15-10-12-24-14-17(23-20(24)13-15)9-11-22-21(25)19-8-4-6-16-5-2-3-7-18(16)19/h2-8,10,12-14H,9,11H2,1H3,(H,22,25). The predicted molar refractivity (Wildman–Crippen MR) is 99.9 cm³/mol. The Bertz CT molecular complexity index is 1060. The van der Waals surface area contributed by atoms with Crippen molar-refractivity contribution in [3.8, 4) is 0 Å². The third kappa shape index (κ3) is 3.11. The molecule has 2 aromatic heterocycles. The average Bonchev–Trinajstić information content (AvgIpc) is 3.03. The average molecular weight is 329 g/mol. The molecule has 0 aliphatic carbocycles. The minimum atomic E-state index is -0.0450. The zero-order valence-corrected chi connectivity index (χ0v) is 14.1. The molecule has 0 saturated heterocycles. The molecule has 0 bridgehead atoms. The topological polar surface area (TPSA) is 46.4 Å². The van der Waals surface area contributed by atoms with Crippen molar-refractivity contribution in [2.24, 2.45) is 0 Å². The van der Waals surface area contributed by atoms with Gasteiger partial charge in [-0.2, -0.15) is 0 Å². The smallest absolute Gasteiger partial charge is 0.251 e. The van der Waals surface area contributed by atoms with Crippen LogP contribution in [-0.4, -0.2) is 21.8 Å². The Kier molecular flexibility index (Phi) is 3.94. The first kappa shape index (κ1) is 15.4. The van der Waals surface area contributed by atoms with Crippen LogP contribution in [-0.2, 0) is 6.42 Å². The third-order valence-corrected chi connectivity index (χ3v) is 4.37. The van der Waals surface area contributed by atoms with Gasteiger partial charge in [0.25, 0.3) is 5.91 Å². The maximum atomic E-state index is 12.5. The Labute approximate surface area is 146 Å². The number of carbonyl (C=O) groups is 1. The van der Waals surface area contributed by atoms with Crippen molar-refractivity contribution in [2.75, 3.05) is 6.54 Å². The van der Waals surface area contributed by atoms with Crippen molar-refractivity contribution >= 4 is 22.3 Å². The summed E-state index contributed by atoms with van der Waals surface area (Å²) < 4.78 is 2.01. The molecular weight excluding hydrogens is 310 g/mol. The van der Waals surface area contributed by atoms with Crippen LogP contribution >= 0.6 is 0 Å². The Morgan fingerprint density at radius 3 is 2.88 bits per heavy atom. The molecule has 2 aromatic carbocycles. The Morgan fingerprint density at radius 1 is 1.12 bits per heavy atom. The monoisotopic (exact) mass is 329 g/mol. The van der Waals surface area contributed by atoms with Gasteiger partial charge in [-0.25, -0.2) is 4.98 Å². The molecule has 0 radical (unpaired) electrons. The quantitative estimate of drug-likeness (QED) is 0.619. The lowest BCUT2D eigenvalue weighted by molar-refractivity contribution is 0.0955. The van der Waals surface area contributed by atoms with Gasteiger partial charge in [0.2, 0.25) is 0 Å². The number of carbonyl (C=O) groups excluding carboxylic acids is 1. The molecule has 0 aliphatic heterocycles. The van der Waals surface area contributed by atoms with E-state index in [1.807, 2.05) is 59.3 Å². The second-order valence-corrected chi connectivity index (χ2v) is 6.23. The van der Waals surface area contributed by atoms with Crippen LogP contribution in [0, 0.1) is 6.92 Å². The maximum absolute atomic E-state index is 12.5. The van der Waals surface area contributed by atoms with Gasteiger partial charge in [0.15, 0.2) is 0 Å². The molecule has 4 aromatic rings. The first-order valence-electron chi connectivity index (χ1n) is 8.41. The number of fused-ring (bicyclic) bond motifs is 2. The highest BCUT2D eigenvalue weighted by Gasteiger charge is 2.09. The number of imidazole rings is 1. The fraction of sp³-hybridized carbons (Fsp3) is 0.143. The van der Waals surface area contributed by atoms with Gasteiger partial charge >= 0.3 is 0 Å². The number of hydrogen-bond donors (Lipinski definition) is 1. The molecule has 1 amide bonds. The summed E-state index contributed by atoms with van der Waals surface area (Å²) in [6, 6.07) is 17.9. The lowest BCUT2D eigenvalue weighted by Gasteiger charge is -2.07. The van der Waals surface area contributed by atoms with Crippen LogP contribution in [0.4, 0.5) is 0 Å². The Balaban J connectivity index is 1.46. The van der Waals surface area contributed by atoms with Crippen LogP contribution in [0.1, 0.15) is 21.6 Å². The molecule has 0 spiro atoms. The summed E-state index contributed by atoms with van der Waals surface area (Å²) in [5.41, 5.74) is 3.82. The van der Waals surface area contributed by atoms with Gasteiger partial charge in [-0.1, -0.05) is 36.4 Å². The first-order valence-corrected chi connectivity index (χ1v) is 8.41. The van der Waals surface area contributed by atoms with E-state index in [1.165, 1.54) is 5.56 Å². The first-order chi connectivity index (χ1) is 12.2. The van der Waals surface area contributed by atoms with Gasteiger partial charge in [0.05, 0.1) is 5.69 Å². The van der Waals surface area contributed by atoms with Gasteiger partial charge in [0.1, 0.15) is 5.65 Å². The molecule has 0 aliphatic rings. The molecule has 2 heterocycles. The SMILES string of the molecule is Cc1ccn2cc(CCNC(=O)c3cccc4ccccc34)nc2c1. The van der Waals surface area contributed by atoms with E-state index in [0.717, 1.165) is 22.1 Å². The summed E-state index contributed by atoms with van der Waals surface area (Å²) in [7, 11) is 0. The van der Waals surface area contributed by atoms with E-state index in [2.05, 4.69) is 29.4 Å². The summed E-state index contributed by atoms with van der Waals surface area (Å²) in [5, 5.41) is 5.06. The highest BCUT2D eigenvalue weighted by Crippen LogP contribution is 2.18. The summed E-state index contributed by atoms with van der Waals surface area (Å²) in [5.74, 6) is -0.0450. The van der Waals surface area contributed by atoms with E-state index in [1.54, 1.807) is 0 Å². The normalized spacial score (nSPS) is 11.1. The molecule has 124 valence electrons. The zero-order chi connectivity index (χ0) is 17.2. The highest BCUT2D eigenvalue weighted by atomic mass is 16.1. The fourth-order valence-corrected chi connectivity index (χ4v) is 3.08. The molecule has 0 saturated carbocycles. The predicted octanol–water partition coefficient (Wildman–Crippen LogP) is 3.77. The van der Waals surface area contributed by atoms with Crippen LogP contribution in [0.15, 0.2) is 67.0 Å². The lowest BCUT2D eigenvalue weighted by atomic mass is 10.0. The number of pyridine rings is 1. The van der Waals surface area contributed by atoms with Gasteiger partial charge in [-0.3, -0.25) is 4.79 Å². The second-order valence-electron chi connectivity index (χ2n) is 6.23. The Hall–Kier alpha value is -3.14. The van der Waals surface area contributed by atoms with Gasteiger partial charge < -0.3 is 9.72 Å². The summed E-state index contributed by atoms with van der Waals surface area (Å²) >= 11 is 0. The van der Waals surface area contributed by atoms with Gasteiger partial charge in [-0.15, -0.1) is 0 Å². The molecular formula is C21H19N3O. The minimum Gasteiger partial charge on any atom is -0.352 e. The number of amides is 1. The van der Waals surface area contributed by atoms with Crippen LogP contribution < -0.4 is 5.32 Å². The number of benzene rings is 2. The number of rotatable bonds is 4. The summed E-state index contributed by atoms with van der Waals surface area (Å²) in [4.78, 5) is 17.1. The molecule has 4 rings (SSSR count). The van der Waals surface area contributed by atoms with Crippen molar-refractivity contribution < 1.29 is 4.79 Å². The molecule has 25 heavy (non-hydrogen) atoms. The lowest BCUT2D eigenvalue weighted by Crippen LogP contribution is -2.25. The van der Waals surface area contributed by atoms with Crippen molar-refractivity contribution in [2.45, 2.75) is 13.3 Å². The van der Waals surface area contributed by atoms with E-state index >= 15 is 0 Å². The number of hydrogen-bond acceptors (Lipinski definition) is 2. The highest BCUT2D eigenvalue weighted by molar-refractivity contribution is 6.06. The maximum Gasteiger partial charge on any atom is 0.251 e. The van der Waals surface area contributed by atoms with Crippen LogP contribution in [0.25, 0.3) is 16.4 Å². The van der Waals surface area contributed by atoms with E-state index in [4.69, 9.17) is 0 Å². The van der Waals surface area contributed by atoms with Crippen molar-refractivity contribution in [1.82, 2.24) is 14.7 Å². The van der Waals surface area contributed by atoms with Gasteiger partial charge in [0, 0.05) is 30.9 Å². The summed E-state index contributed by atoms with van der Waals surface area (Å²) in [6.45, 7) is 2.61. The van der Waals surface area contributed by atoms with E-state index in [0.29, 0.717) is 18.5 Å². The molecule has 0 fully saturated rings. The number of aryl methyl sites for hydroxylation is 1. The number of aromatic nitrogens is 2. The number of nitrogens with one attached hydrogen (secondary N) is 1. The Morgan fingerprint density at radius 2 is 1.96 bits per heavy atom. The molecule has 0 atom stereocenters. The van der Waals surface area contributed by atoms with E-state index in [9.17, 15) is 4.79 Å². The molecule has 0 unspecified atom stereocenters.